The third-order valence-electron chi connectivity index (χ3n) is 9.59. The Labute approximate surface area is 301 Å². The van der Waals surface area contributed by atoms with Crippen LogP contribution in [0.1, 0.15) is 73.1 Å². The van der Waals surface area contributed by atoms with Crippen LogP contribution < -0.4 is 15.1 Å². The number of nitrogens with zero attached hydrogens (tertiary/aromatic N) is 5. The van der Waals surface area contributed by atoms with Gasteiger partial charge in [0.25, 0.3) is 5.91 Å². The molecule has 2 fully saturated rings. The fourth-order valence-electron chi connectivity index (χ4n) is 7.26. The number of piperazine rings is 1. The van der Waals surface area contributed by atoms with Crippen LogP contribution in [0, 0.1) is 37.9 Å². The van der Waals surface area contributed by atoms with E-state index in [9.17, 15) is 19.1 Å². The summed E-state index contributed by atoms with van der Waals surface area (Å²) in [6, 6.07) is 16.5. The molecule has 2 amide bonds. The van der Waals surface area contributed by atoms with Gasteiger partial charge < -0.3 is 24.8 Å². The number of carbonyl (C=O) groups excluding carboxylic acids is 2. The normalized spacial score (nSPS) is 18.1. The van der Waals surface area contributed by atoms with Gasteiger partial charge in [0.15, 0.2) is 0 Å². The minimum atomic E-state index is -3.51. The fourth-order valence-corrected chi connectivity index (χ4v) is 8.69. The molecule has 2 atom stereocenters. The number of nitrogens with one attached hydrogen (secondary N) is 1. The van der Waals surface area contributed by atoms with Crippen molar-refractivity contribution >= 4 is 38.8 Å². The standard InChI is InChI=1S/C39H49FN6O4S/c1-25-22-26(2)35(42-30-16-18-44(19-17-30)32-14-10-9-12-29(32)23-41)28(4)34(25)37(47)46-21-20-45(24-27(46)3)33-15-11-13-31(40)36(33)51(8,49)43-38(48)50-39(5,6)7/h9-15,22,27,30,42H,16-21,24H2,1-8H3/t27-,51-/m0/s1. The van der Waals surface area contributed by atoms with Crippen molar-refractivity contribution in [2.75, 3.05) is 54.1 Å². The maximum atomic E-state index is 15.4. The van der Waals surface area contributed by atoms with E-state index in [-0.39, 0.29) is 22.9 Å². The molecule has 0 bridgehead atoms. The molecule has 2 aliphatic heterocycles. The first kappa shape index (κ1) is 37.6. The minimum Gasteiger partial charge on any atom is -0.442 e. The van der Waals surface area contributed by atoms with E-state index >= 15 is 4.39 Å². The monoisotopic (exact) mass is 716 g/mol. The lowest BCUT2D eigenvalue weighted by atomic mass is 9.94. The number of aryl methyl sites for hydroxylation is 2. The van der Waals surface area contributed by atoms with Crippen LogP contribution in [0.5, 0.6) is 0 Å². The van der Waals surface area contributed by atoms with Crippen molar-refractivity contribution in [1.82, 2.24) is 4.90 Å². The first-order chi connectivity index (χ1) is 24.0. The number of hydrogen-bond donors (Lipinski definition) is 1. The third-order valence-corrected chi connectivity index (χ3v) is 11.2. The molecule has 3 aromatic rings. The lowest BCUT2D eigenvalue weighted by molar-refractivity contribution is 0.0606. The molecule has 12 heteroatoms. The SMILES string of the molecule is Cc1cc(C)c(C(=O)N2CCN(c3cccc(F)c3[S@](C)(=O)=NC(=O)OC(C)(C)C)C[C@@H]2C)c(C)c1NC1CCN(c2ccccc2C#N)CC1. The van der Waals surface area contributed by atoms with Gasteiger partial charge in [-0.15, -0.1) is 4.36 Å². The van der Waals surface area contributed by atoms with E-state index in [0.29, 0.717) is 36.4 Å². The van der Waals surface area contributed by atoms with Crippen molar-refractivity contribution in [2.24, 2.45) is 4.36 Å². The molecular formula is C39H49FN6O4S. The van der Waals surface area contributed by atoms with Crippen LogP contribution in [0.3, 0.4) is 0 Å². The van der Waals surface area contributed by atoms with E-state index in [4.69, 9.17) is 4.74 Å². The summed E-state index contributed by atoms with van der Waals surface area (Å²) >= 11 is 0. The highest BCUT2D eigenvalue weighted by Gasteiger charge is 2.33. The Balaban J connectivity index is 1.32. The van der Waals surface area contributed by atoms with Gasteiger partial charge in [0.2, 0.25) is 0 Å². The number of halogens is 1. The summed E-state index contributed by atoms with van der Waals surface area (Å²) in [6.45, 7) is 15.8. The van der Waals surface area contributed by atoms with Gasteiger partial charge in [-0.2, -0.15) is 5.26 Å². The minimum absolute atomic E-state index is 0.0678. The Morgan fingerprint density at radius 2 is 1.65 bits per heavy atom. The molecule has 10 nitrogen and oxygen atoms in total. The number of para-hydroxylation sites is 1. The number of hydrogen-bond acceptors (Lipinski definition) is 8. The van der Waals surface area contributed by atoms with Gasteiger partial charge in [0, 0.05) is 62.3 Å². The molecule has 0 aliphatic carbocycles. The Bertz CT molecular complexity index is 1990. The van der Waals surface area contributed by atoms with Gasteiger partial charge in [-0.25, -0.2) is 13.4 Å². The molecule has 0 saturated carbocycles. The van der Waals surface area contributed by atoms with Crippen molar-refractivity contribution in [2.45, 2.75) is 83.9 Å². The lowest BCUT2D eigenvalue weighted by Gasteiger charge is -2.42. The molecular weight excluding hydrogens is 668 g/mol. The van der Waals surface area contributed by atoms with E-state index in [1.807, 2.05) is 54.8 Å². The number of rotatable bonds is 6. The maximum Gasteiger partial charge on any atom is 0.442 e. The zero-order chi connectivity index (χ0) is 37.2. The topological polar surface area (TPSA) is 118 Å². The molecule has 0 spiro atoms. The largest absolute Gasteiger partial charge is 0.442 e. The highest BCUT2D eigenvalue weighted by Crippen LogP contribution is 2.34. The Morgan fingerprint density at radius 1 is 0.980 bits per heavy atom. The summed E-state index contributed by atoms with van der Waals surface area (Å²) in [7, 11) is -3.51. The summed E-state index contributed by atoms with van der Waals surface area (Å²) in [4.78, 5) is 32.7. The first-order valence-electron chi connectivity index (χ1n) is 17.4. The average molecular weight is 717 g/mol. The number of amides is 2. The van der Waals surface area contributed by atoms with E-state index in [0.717, 1.165) is 54.0 Å². The van der Waals surface area contributed by atoms with Gasteiger partial charge in [-0.1, -0.05) is 24.3 Å². The van der Waals surface area contributed by atoms with Crippen LogP contribution in [-0.2, 0) is 14.5 Å². The molecule has 1 N–H and O–H groups in total. The molecule has 5 rings (SSSR count). The number of carbonyl (C=O) groups is 2. The second-order valence-electron chi connectivity index (χ2n) is 14.7. The number of nitriles is 1. The molecule has 2 saturated heterocycles. The van der Waals surface area contributed by atoms with Crippen molar-refractivity contribution in [3.63, 3.8) is 0 Å². The molecule has 0 unspecified atom stereocenters. The second-order valence-corrected chi connectivity index (χ2v) is 16.9. The van der Waals surface area contributed by atoms with Crippen LogP contribution in [0.15, 0.2) is 57.8 Å². The number of benzene rings is 3. The molecule has 0 radical (unpaired) electrons. The van der Waals surface area contributed by atoms with Gasteiger partial charge >= 0.3 is 6.09 Å². The lowest BCUT2D eigenvalue weighted by Crippen LogP contribution is -2.54. The van der Waals surface area contributed by atoms with E-state index < -0.39 is 27.2 Å². The number of piperidine rings is 1. The number of ether oxygens (including phenoxy) is 1. The summed E-state index contributed by atoms with van der Waals surface area (Å²) < 4.78 is 38.2. The van der Waals surface area contributed by atoms with E-state index in [1.165, 1.54) is 12.3 Å². The van der Waals surface area contributed by atoms with Crippen LogP contribution in [0.25, 0.3) is 0 Å². The van der Waals surface area contributed by atoms with Crippen molar-refractivity contribution in [3.8, 4) is 6.07 Å². The van der Waals surface area contributed by atoms with Gasteiger partial charge in [-0.05, 0) is 102 Å². The Kier molecular flexibility index (Phi) is 11.0. The van der Waals surface area contributed by atoms with Crippen molar-refractivity contribution < 1.29 is 22.9 Å². The van der Waals surface area contributed by atoms with Crippen LogP contribution in [-0.4, -0.2) is 77.8 Å². The summed E-state index contributed by atoms with van der Waals surface area (Å²) in [5.41, 5.74) is 5.72. The fraction of sp³-hybridized carbons (Fsp3) is 0.462. The van der Waals surface area contributed by atoms with E-state index in [1.54, 1.807) is 32.9 Å². The molecule has 272 valence electrons. The third kappa shape index (κ3) is 8.30. The predicted octanol–water partition coefficient (Wildman–Crippen LogP) is 7.45. The Hall–Kier alpha value is -4.63. The molecule has 2 aliphatic rings. The molecule has 2 heterocycles. The van der Waals surface area contributed by atoms with Gasteiger partial charge in [0.1, 0.15) is 22.4 Å². The summed E-state index contributed by atoms with van der Waals surface area (Å²) in [5.74, 6) is -0.788. The molecule has 0 aromatic heterocycles. The zero-order valence-electron chi connectivity index (χ0n) is 30.9. The highest BCUT2D eigenvalue weighted by molar-refractivity contribution is 7.93. The summed E-state index contributed by atoms with van der Waals surface area (Å²) in [5, 5.41) is 13.3. The second kappa shape index (κ2) is 14.9. The quantitative estimate of drug-likeness (QED) is 0.280. The average Bonchev–Trinajstić information content (AvgIpc) is 3.05. The van der Waals surface area contributed by atoms with Gasteiger partial charge in [-0.3, -0.25) is 4.79 Å². The summed E-state index contributed by atoms with van der Waals surface area (Å²) in [6.07, 6.45) is 2.02. The van der Waals surface area contributed by atoms with Crippen molar-refractivity contribution in [3.05, 3.63) is 82.2 Å². The van der Waals surface area contributed by atoms with Crippen molar-refractivity contribution in [1.29, 1.82) is 5.26 Å². The van der Waals surface area contributed by atoms with Crippen LogP contribution in [0.4, 0.5) is 26.2 Å². The maximum absolute atomic E-state index is 15.4. The smallest absolute Gasteiger partial charge is 0.442 e. The van der Waals surface area contributed by atoms with Gasteiger partial charge in [0.05, 0.1) is 26.7 Å². The first-order valence-corrected chi connectivity index (χ1v) is 19.3. The zero-order valence-corrected chi connectivity index (χ0v) is 31.7. The highest BCUT2D eigenvalue weighted by atomic mass is 32.2. The number of anilines is 3. The van der Waals surface area contributed by atoms with E-state index in [2.05, 4.69) is 33.6 Å². The Morgan fingerprint density at radius 3 is 2.29 bits per heavy atom. The predicted molar refractivity (Wildman–Crippen MR) is 201 cm³/mol. The molecule has 3 aromatic carbocycles. The van der Waals surface area contributed by atoms with Crippen LogP contribution in [0.2, 0.25) is 0 Å². The van der Waals surface area contributed by atoms with Crippen LogP contribution >= 0.6 is 0 Å². The molecule has 51 heavy (non-hydrogen) atoms.